The smallest absolute Gasteiger partial charge is 0.237 e. The SMILES string of the molecule is CCNc1nnc(S[C@@H](C)C(=O)Nc2ccccc2C#N)s1. The van der Waals surface area contributed by atoms with Crippen LogP contribution in [0.15, 0.2) is 28.6 Å². The van der Waals surface area contributed by atoms with Crippen LogP contribution >= 0.6 is 23.1 Å². The Morgan fingerprint density at radius 1 is 1.45 bits per heavy atom. The number of hydrogen-bond acceptors (Lipinski definition) is 7. The molecule has 0 spiro atoms. The molecule has 1 aromatic heterocycles. The fraction of sp³-hybridized carbons (Fsp3) is 0.286. The van der Waals surface area contributed by atoms with Gasteiger partial charge in [-0.05, 0) is 26.0 Å². The lowest BCUT2D eigenvalue weighted by molar-refractivity contribution is -0.115. The van der Waals surface area contributed by atoms with Crippen LogP contribution in [0.5, 0.6) is 0 Å². The number of aromatic nitrogens is 2. The lowest BCUT2D eigenvalue weighted by atomic mass is 10.2. The molecule has 0 bridgehead atoms. The average molecular weight is 333 g/mol. The van der Waals surface area contributed by atoms with Crippen LogP contribution < -0.4 is 10.6 Å². The number of rotatable bonds is 6. The van der Waals surface area contributed by atoms with Crippen LogP contribution in [-0.2, 0) is 4.79 Å². The van der Waals surface area contributed by atoms with Gasteiger partial charge in [0.05, 0.1) is 16.5 Å². The summed E-state index contributed by atoms with van der Waals surface area (Å²) in [6.07, 6.45) is 0. The molecule has 2 rings (SSSR count). The highest BCUT2D eigenvalue weighted by atomic mass is 32.2. The molecule has 0 saturated heterocycles. The fourth-order valence-electron chi connectivity index (χ4n) is 1.61. The van der Waals surface area contributed by atoms with Gasteiger partial charge in [-0.2, -0.15) is 5.26 Å². The average Bonchev–Trinajstić information content (AvgIpc) is 2.95. The molecule has 2 aromatic rings. The third-order valence-corrected chi connectivity index (χ3v) is 4.75. The molecule has 0 saturated carbocycles. The van der Waals surface area contributed by atoms with Crippen molar-refractivity contribution >= 4 is 39.8 Å². The summed E-state index contributed by atoms with van der Waals surface area (Å²) in [5, 5.41) is 23.3. The number of nitrogens with one attached hydrogen (secondary N) is 2. The highest BCUT2D eigenvalue weighted by molar-refractivity contribution is 8.02. The number of nitriles is 1. The van der Waals surface area contributed by atoms with Crippen molar-refractivity contribution in [3.8, 4) is 6.07 Å². The molecular weight excluding hydrogens is 318 g/mol. The summed E-state index contributed by atoms with van der Waals surface area (Å²) in [7, 11) is 0. The minimum Gasteiger partial charge on any atom is -0.360 e. The predicted molar refractivity (Wildman–Crippen MR) is 89.2 cm³/mol. The van der Waals surface area contributed by atoms with Gasteiger partial charge < -0.3 is 10.6 Å². The number of benzene rings is 1. The third kappa shape index (κ3) is 4.19. The van der Waals surface area contributed by atoms with E-state index in [2.05, 4.69) is 26.9 Å². The van der Waals surface area contributed by atoms with Gasteiger partial charge in [0.2, 0.25) is 11.0 Å². The number of amides is 1. The minimum atomic E-state index is -0.339. The van der Waals surface area contributed by atoms with Crippen molar-refractivity contribution in [2.24, 2.45) is 0 Å². The Hall–Kier alpha value is -2.11. The Labute approximate surface area is 137 Å². The van der Waals surface area contributed by atoms with Crippen LogP contribution in [0.25, 0.3) is 0 Å². The van der Waals surface area contributed by atoms with E-state index >= 15 is 0 Å². The quantitative estimate of drug-likeness (QED) is 0.790. The van der Waals surface area contributed by atoms with Gasteiger partial charge in [-0.1, -0.05) is 35.2 Å². The molecule has 0 aliphatic heterocycles. The molecule has 2 N–H and O–H groups in total. The number of carbonyl (C=O) groups is 1. The first kappa shape index (κ1) is 16.3. The second-order valence-corrected chi connectivity index (χ2v) is 6.88. The summed E-state index contributed by atoms with van der Waals surface area (Å²) in [5.74, 6) is -0.173. The Morgan fingerprint density at radius 3 is 2.95 bits per heavy atom. The van der Waals surface area contributed by atoms with Crippen molar-refractivity contribution in [1.82, 2.24) is 10.2 Å². The number of thioether (sulfide) groups is 1. The molecule has 0 fully saturated rings. The summed E-state index contributed by atoms with van der Waals surface area (Å²) in [4.78, 5) is 12.2. The maximum absolute atomic E-state index is 12.2. The first-order valence-electron chi connectivity index (χ1n) is 6.68. The van der Waals surface area contributed by atoms with E-state index in [1.807, 2.05) is 6.92 Å². The van der Waals surface area contributed by atoms with Crippen molar-refractivity contribution < 1.29 is 4.79 Å². The molecule has 0 radical (unpaired) electrons. The standard InChI is InChI=1S/C14H15N5OS2/c1-3-16-13-18-19-14(22-13)21-9(2)12(20)17-11-7-5-4-6-10(11)8-15/h4-7,9H,3H2,1-2H3,(H,16,18)(H,17,20)/t9-/m0/s1. The molecule has 0 aliphatic carbocycles. The van der Waals surface area contributed by atoms with Gasteiger partial charge in [0.1, 0.15) is 6.07 Å². The van der Waals surface area contributed by atoms with Crippen LogP contribution in [0.4, 0.5) is 10.8 Å². The van der Waals surface area contributed by atoms with E-state index in [0.29, 0.717) is 11.3 Å². The Morgan fingerprint density at radius 2 is 2.23 bits per heavy atom. The number of hydrogen-bond donors (Lipinski definition) is 2. The van der Waals surface area contributed by atoms with E-state index in [1.165, 1.54) is 23.1 Å². The molecule has 114 valence electrons. The highest BCUT2D eigenvalue weighted by Gasteiger charge is 2.18. The second-order valence-electron chi connectivity index (χ2n) is 4.31. The molecule has 1 amide bonds. The van der Waals surface area contributed by atoms with E-state index in [4.69, 9.17) is 5.26 Å². The minimum absolute atomic E-state index is 0.173. The van der Waals surface area contributed by atoms with Crippen molar-refractivity contribution in [2.75, 3.05) is 17.2 Å². The summed E-state index contributed by atoms with van der Waals surface area (Å²) in [6.45, 7) is 4.56. The van der Waals surface area contributed by atoms with E-state index < -0.39 is 0 Å². The lowest BCUT2D eigenvalue weighted by Gasteiger charge is -2.11. The summed E-state index contributed by atoms with van der Waals surface area (Å²) >= 11 is 2.76. The Kier molecular flexibility index (Phi) is 5.75. The monoisotopic (exact) mass is 333 g/mol. The van der Waals surface area contributed by atoms with Crippen molar-refractivity contribution in [3.05, 3.63) is 29.8 Å². The molecule has 6 nitrogen and oxygen atoms in total. The van der Waals surface area contributed by atoms with Gasteiger partial charge in [0.15, 0.2) is 4.34 Å². The van der Waals surface area contributed by atoms with Crippen LogP contribution in [0, 0.1) is 11.3 Å². The van der Waals surface area contributed by atoms with E-state index in [9.17, 15) is 4.79 Å². The van der Waals surface area contributed by atoms with Crippen LogP contribution in [0.1, 0.15) is 19.4 Å². The van der Waals surface area contributed by atoms with Gasteiger partial charge in [0, 0.05) is 6.54 Å². The Bertz CT molecular complexity index is 695. The normalized spacial score (nSPS) is 11.5. The zero-order valence-electron chi connectivity index (χ0n) is 12.2. The van der Waals surface area contributed by atoms with Crippen molar-refractivity contribution in [3.63, 3.8) is 0 Å². The molecule has 0 aliphatic rings. The molecule has 1 heterocycles. The van der Waals surface area contributed by atoms with Crippen LogP contribution in [-0.4, -0.2) is 27.9 Å². The number of anilines is 2. The molecule has 8 heteroatoms. The lowest BCUT2D eigenvalue weighted by Crippen LogP contribution is -2.22. The molecule has 0 unspecified atom stereocenters. The van der Waals surface area contributed by atoms with Crippen molar-refractivity contribution in [1.29, 1.82) is 5.26 Å². The van der Waals surface area contributed by atoms with Gasteiger partial charge >= 0.3 is 0 Å². The molecule has 1 aromatic carbocycles. The summed E-state index contributed by atoms with van der Waals surface area (Å²) in [6, 6.07) is 8.97. The molecule has 22 heavy (non-hydrogen) atoms. The summed E-state index contributed by atoms with van der Waals surface area (Å²) in [5.41, 5.74) is 0.964. The molecule has 1 atom stereocenters. The third-order valence-electron chi connectivity index (χ3n) is 2.69. The maximum atomic E-state index is 12.2. The van der Waals surface area contributed by atoms with Gasteiger partial charge in [-0.25, -0.2) is 0 Å². The van der Waals surface area contributed by atoms with Crippen LogP contribution in [0.2, 0.25) is 0 Å². The van der Waals surface area contributed by atoms with E-state index in [1.54, 1.807) is 31.2 Å². The first-order chi connectivity index (χ1) is 10.6. The number of nitrogens with zero attached hydrogens (tertiary/aromatic N) is 3. The van der Waals surface area contributed by atoms with E-state index in [-0.39, 0.29) is 11.2 Å². The van der Waals surface area contributed by atoms with Crippen LogP contribution in [0.3, 0.4) is 0 Å². The highest BCUT2D eigenvalue weighted by Crippen LogP contribution is 2.29. The predicted octanol–water partition coefficient (Wildman–Crippen LogP) is 2.96. The van der Waals surface area contributed by atoms with Crippen molar-refractivity contribution in [2.45, 2.75) is 23.4 Å². The van der Waals surface area contributed by atoms with E-state index in [0.717, 1.165) is 16.0 Å². The fourth-order valence-corrected chi connectivity index (χ4v) is 3.57. The van der Waals surface area contributed by atoms with Gasteiger partial charge in [0.25, 0.3) is 0 Å². The maximum Gasteiger partial charge on any atom is 0.237 e. The van der Waals surface area contributed by atoms with Gasteiger partial charge in [-0.3, -0.25) is 4.79 Å². The topological polar surface area (TPSA) is 90.7 Å². The Balaban J connectivity index is 1.98. The zero-order valence-corrected chi connectivity index (χ0v) is 13.8. The number of carbonyl (C=O) groups excluding carboxylic acids is 1. The largest absolute Gasteiger partial charge is 0.360 e. The number of para-hydroxylation sites is 1. The van der Waals surface area contributed by atoms with Gasteiger partial charge in [-0.15, -0.1) is 10.2 Å². The zero-order chi connectivity index (χ0) is 15.9. The second kappa shape index (κ2) is 7.77. The first-order valence-corrected chi connectivity index (χ1v) is 8.37. The summed E-state index contributed by atoms with van der Waals surface area (Å²) < 4.78 is 0.729. The molecular formula is C14H15N5OS2.